The summed E-state index contributed by atoms with van der Waals surface area (Å²) in [7, 11) is 0. The molecule has 0 aliphatic rings. The van der Waals surface area contributed by atoms with Gasteiger partial charge in [-0.3, -0.25) is 5.84 Å². The number of benzene rings is 2. The Bertz CT molecular complexity index is 537. The second-order valence-corrected chi connectivity index (χ2v) is 4.65. The van der Waals surface area contributed by atoms with Gasteiger partial charge < -0.3 is 4.74 Å². The predicted octanol–water partition coefficient (Wildman–Crippen LogP) is 3.20. The third kappa shape index (κ3) is 3.18. The molecule has 0 aromatic heterocycles. The van der Waals surface area contributed by atoms with Crippen molar-refractivity contribution < 1.29 is 4.74 Å². The maximum absolute atomic E-state index is 5.78. The van der Waals surface area contributed by atoms with Crippen LogP contribution in [0, 0.1) is 0 Å². The summed E-state index contributed by atoms with van der Waals surface area (Å²) in [6.45, 7) is 4.82. The van der Waals surface area contributed by atoms with E-state index in [9.17, 15) is 0 Å². The van der Waals surface area contributed by atoms with Gasteiger partial charge in [0, 0.05) is 0 Å². The van der Waals surface area contributed by atoms with Gasteiger partial charge in [-0.1, -0.05) is 43.3 Å². The van der Waals surface area contributed by atoms with E-state index in [-0.39, 0.29) is 6.04 Å². The van der Waals surface area contributed by atoms with Gasteiger partial charge in [-0.05, 0) is 42.2 Å². The van der Waals surface area contributed by atoms with Crippen LogP contribution in [-0.4, -0.2) is 6.61 Å². The summed E-state index contributed by atoms with van der Waals surface area (Å²) in [5.41, 5.74) is 6.59. The third-order valence-electron chi connectivity index (χ3n) is 3.44. The fourth-order valence-electron chi connectivity index (χ4n) is 2.43. The Balaban J connectivity index is 2.31. The fraction of sp³-hybridized carbons (Fsp3) is 0.294. The lowest BCUT2D eigenvalue weighted by Crippen LogP contribution is -2.29. The first-order chi connectivity index (χ1) is 9.80. The Hall–Kier alpha value is -1.84. The molecule has 20 heavy (non-hydrogen) atoms. The number of nitrogens with two attached hydrogens (primary N) is 1. The second-order valence-electron chi connectivity index (χ2n) is 4.65. The van der Waals surface area contributed by atoms with E-state index >= 15 is 0 Å². The summed E-state index contributed by atoms with van der Waals surface area (Å²) in [5.74, 6) is 6.66. The number of hydrogen-bond donors (Lipinski definition) is 2. The second kappa shape index (κ2) is 7.08. The maximum Gasteiger partial charge on any atom is 0.119 e. The molecule has 2 rings (SSSR count). The molecule has 3 nitrogen and oxygen atoms in total. The van der Waals surface area contributed by atoms with Gasteiger partial charge in [0.2, 0.25) is 0 Å². The zero-order chi connectivity index (χ0) is 14.4. The van der Waals surface area contributed by atoms with Crippen molar-refractivity contribution in [1.29, 1.82) is 0 Å². The minimum Gasteiger partial charge on any atom is -0.494 e. The van der Waals surface area contributed by atoms with Gasteiger partial charge in [0.15, 0.2) is 0 Å². The van der Waals surface area contributed by atoms with Crippen molar-refractivity contribution in [2.75, 3.05) is 6.61 Å². The highest BCUT2D eigenvalue weighted by Gasteiger charge is 2.15. The van der Waals surface area contributed by atoms with Crippen LogP contribution in [0.2, 0.25) is 0 Å². The van der Waals surface area contributed by atoms with Crippen molar-refractivity contribution in [2.24, 2.45) is 5.84 Å². The highest BCUT2D eigenvalue weighted by atomic mass is 16.5. The van der Waals surface area contributed by atoms with E-state index in [0.29, 0.717) is 6.61 Å². The Morgan fingerprint density at radius 3 is 2.35 bits per heavy atom. The molecule has 0 aliphatic heterocycles. The monoisotopic (exact) mass is 270 g/mol. The van der Waals surface area contributed by atoms with E-state index in [1.54, 1.807) is 0 Å². The zero-order valence-electron chi connectivity index (χ0n) is 12.1. The normalized spacial score (nSPS) is 12.2. The molecular weight excluding hydrogens is 248 g/mol. The summed E-state index contributed by atoms with van der Waals surface area (Å²) in [6, 6.07) is 16.5. The Kier molecular flexibility index (Phi) is 5.16. The molecule has 0 spiro atoms. The van der Waals surface area contributed by atoms with Crippen LogP contribution < -0.4 is 16.0 Å². The van der Waals surface area contributed by atoms with Crippen molar-refractivity contribution in [3.05, 3.63) is 65.2 Å². The van der Waals surface area contributed by atoms with E-state index in [0.717, 1.165) is 17.7 Å². The average Bonchev–Trinajstić information content (AvgIpc) is 2.50. The molecule has 3 heteroatoms. The van der Waals surface area contributed by atoms with Crippen LogP contribution in [0.15, 0.2) is 48.5 Å². The fourth-order valence-corrected chi connectivity index (χ4v) is 2.43. The Labute approximate surface area is 120 Å². The SMILES string of the molecule is CCOc1ccc(C(NN)c2ccccc2CC)cc1. The lowest BCUT2D eigenvalue weighted by molar-refractivity contribution is 0.340. The van der Waals surface area contributed by atoms with Crippen molar-refractivity contribution in [3.8, 4) is 5.75 Å². The maximum atomic E-state index is 5.78. The van der Waals surface area contributed by atoms with Crippen LogP contribution in [-0.2, 0) is 6.42 Å². The van der Waals surface area contributed by atoms with Crippen LogP contribution in [0.4, 0.5) is 0 Å². The molecule has 0 saturated heterocycles. The van der Waals surface area contributed by atoms with Crippen LogP contribution in [0.25, 0.3) is 0 Å². The van der Waals surface area contributed by atoms with Crippen LogP contribution in [0.3, 0.4) is 0 Å². The molecule has 1 atom stereocenters. The lowest BCUT2D eigenvalue weighted by atomic mass is 9.94. The van der Waals surface area contributed by atoms with Gasteiger partial charge >= 0.3 is 0 Å². The highest BCUT2D eigenvalue weighted by molar-refractivity contribution is 5.39. The first-order valence-corrected chi connectivity index (χ1v) is 7.06. The summed E-state index contributed by atoms with van der Waals surface area (Å²) < 4.78 is 5.47. The van der Waals surface area contributed by atoms with Gasteiger partial charge in [-0.15, -0.1) is 0 Å². The van der Waals surface area contributed by atoms with E-state index in [2.05, 4.69) is 42.7 Å². The average molecular weight is 270 g/mol. The number of hydrazine groups is 1. The van der Waals surface area contributed by atoms with Gasteiger partial charge in [0.05, 0.1) is 12.6 Å². The molecule has 106 valence electrons. The molecule has 1 unspecified atom stereocenters. The smallest absolute Gasteiger partial charge is 0.119 e. The molecule has 0 radical (unpaired) electrons. The van der Waals surface area contributed by atoms with E-state index < -0.39 is 0 Å². The predicted molar refractivity (Wildman–Crippen MR) is 82.6 cm³/mol. The number of rotatable bonds is 6. The highest BCUT2D eigenvalue weighted by Crippen LogP contribution is 2.26. The van der Waals surface area contributed by atoms with Crippen molar-refractivity contribution >= 4 is 0 Å². The number of nitrogens with one attached hydrogen (secondary N) is 1. The minimum absolute atomic E-state index is 0.00169. The van der Waals surface area contributed by atoms with Gasteiger partial charge in [-0.2, -0.15) is 0 Å². The van der Waals surface area contributed by atoms with Crippen LogP contribution in [0.5, 0.6) is 5.75 Å². The standard InChI is InChI=1S/C17H22N2O/c1-3-13-7-5-6-8-16(13)17(19-18)14-9-11-15(12-10-14)20-4-2/h5-12,17,19H,3-4,18H2,1-2H3. The molecule has 2 aromatic rings. The molecule has 3 N–H and O–H groups in total. The Morgan fingerprint density at radius 1 is 1.05 bits per heavy atom. The molecule has 0 fully saturated rings. The van der Waals surface area contributed by atoms with Gasteiger partial charge in [0.1, 0.15) is 5.75 Å². The molecule has 2 aromatic carbocycles. The molecular formula is C17H22N2O. The van der Waals surface area contributed by atoms with Crippen molar-refractivity contribution in [2.45, 2.75) is 26.3 Å². The topological polar surface area (TPSA) is 47.3 Å². The molecule has 0 bridgehead atoms. The lowest BCUT2D eigenvalue weighted by Gasteiger charge is -2.20. The first-order valence-electron chi connectivity index (χ1n) is 7.06. The van der Waals surface area contributed by atoms with Crippen LogP contribution in [0.1, 0.15) is 36.6 Å². The third-order valence-corrected chi connectivity index (χ3v) is 3.44. The number of ether oxygens (including phenoxy) is 1. The Morgan fingerprint density at radius 2 is 1.75 bits per heavy atom. The zero-order valence-corrected chi connectivity index (χ0v) is 12.1. The summed E-state index contributed by atoms with van der Waals surface area (Å²) in [5, 5.41) is 0. The molecule has 0 saturated carbocycles. The quantitative estimate of drug-likeness (QED) is 0.626. The number of hydrogen-bond acceptors (Lipinski definition) is 3. The number of aryl methyl sites for hydroxylation is 1. The summed E-state index contributed by atoms with van der Waals surface area (Å²) in [6.07, 6.45) is 0.991. The van der Waals surface area contributed by atoms with Crippen molar-refractivity contribution in [3.63, 3.8) is 0 Å². The summed E-state index contributed by atoms with van der Waals surface area (Å²) in [4.78, 5) is 0. The minimum atomic E-state index is 0.00169. The van der Waals surface area contributed by atoms with E-state index in [4.69, 9.17) is 10.6 Å². The molecule has 0 heterocycles. The van der Waals surface area contributed by atoms with Gasteiger partial charge in [0.25, 0.3) is 0 Å². The van der Waals surface area contributed by atoms with Crippen molar-refractivity contribution in [1.82, 2.24) is 5.43 Å². The van der Waals surface area contributed by atoms with E-state index in [1.807, 2.05) is 25.1 Å². The first kappa shape index (κ1) is 14.6. The summed E-state index contributed by atoms with van der Waals surface area (Å²) >= 11 is 0. The largest absolute Gasteiger partial charge is 0.494 e. The van der Waals surface area contributed by atoms with E-state index in [1.165, 1.54) is 11.1 Å². The van der Waals surface area contributed by atoms with Crippen LogP contribution >= 0.6 is 0 Å². The molecule has 0 amide bonds. The van der Waals surface area contributed by atoms with Gasteiger partial charge in [-0.25, -0.2) is 5.43 Å². The molecule has 0 aliphatic carbocycles.